The van der Waals surface area contributed by atoms with Gasteiger partial charge in [0.15, 0.2) is 0 Å². The van der Waals surface area contributed by atoms with E-state index < -0.39 is 10.8 Å². The topological polar surface area (TPSA) is 38.3 Å². The van der Waals surface area contributed by atoms with Gasteiger partial charge in [-0.25, -0.2) is 0 Å². The molecule has 0 aromatic heterocycles. The fourth-order valence-corrected chi connectivity index (χ4v) is 4.67. The van der Waals surface area contributed by atoms with E-state index in [0.29, 0.717) is 6.04 Å². The molecular formula is C14H27NO2S. The Morgan fingerprint density at radius 2 is 2.17 bits per heavy atom. The van der Waals surface area contributed by atoms with Gasteiger partial charge in [-0.3, -0.25) is 4.21 Å². The minimum Gasteiger partial charge on any atom is -0.377 e. The van der Waals surface area contributed by atoms with Crippen molar-refractivity contribution < 1.29 is 8.95 Å². The fourth-order valence-electron chi connectivity index (χ4n) is 3.26. The maximum absolute atomic E-state index is 12.0. The normalized spacial score (nSPS) is 33.9. The highest BCUT2D eigenvalue weighted by Crippen LogP contribution is 2.28. The SMILES string of the molecule is CCNC1CCCC1CCS(=O)CC1CCCO1. The van der Waals surface area contributed by atoms with Gasteiger partial charge < -0.3 is 10.1 Å². The van der Waals surface area contributed by atoms with E-state index in [1.807, 2.05) is 0 Å². The molecule has 1 saturated heterocycles. The molecule has 1 saturated carbocycles. The molecule has 18 heavy (non-hydrogen) atoms. The Bertz CT molecular complexity index is 267. The Balaban J connectivity index is 1.65. The highest BCUT2D eigenvalue weighted by Gasteiger charge is 2.27. The summed E-state index contributed by atoms with van der Waals surface area (Å²) in [6.07, 6.45) is 7.60. The van der Waals surface area contributed by atoms with E-state index in [2.05, 4.69) is 12.2 Å². The molecule has 0 spiro atoms. The van der Waals surface area contributed by atoms with Crippen molar-refractivity contribution in [3.8, 4) is 0 Å². The summed E-state index contributed by atoms with van der Waals surface area (Å²) in [5.74, 6) is 2.38. The second-order valence-corrected chi connectivity index (χ2v) is 7.21. The molecule has 1 heterocycles. The number of rotatable bonds is 7. The zero-order valence-corrected chi connectivity index (χ0v) is 12.3. The molecule has 0 amide bonds. The van der Waals surface area contributed by atoms with Crippen LogP contribution in [0.25, 0.3) is 0 Å². The number of hydrogen-bond acceptors (Lipinski definition) is 3. The molecule has 4 atom stereocenters. The first-order valence-electron chi connectivity index (χ1n) is 7.49. The molecule has 3 nitrogen and oxygen atoms in total. The molecule has 0 bridgehead atoms. The third-order valence-electron chi connectivity index (χ3n) is 4.24. The molecule has 2 fully saturated rings. The van der Waals surface area contributed by atoms with Gasteiger partial charge in [-0.05, 0) is 44.6 Å². The lowest BCUT2D eigenvalue weighted by Crippen LogP contribution is -2.33. The Morgan fingerprint density at radius 1 is 1.28 bits per heavy atom. The minimum atomic E-state index is -0.678. The standard InChI is InChI=1S/C14H27NO2S/c1-2-15-14-7-3-5-12(14)8-10-18(16)11-13-6-4-9-17-13/h12-15H,2-11H2,1H3. The lowest BCUT2D eigenvalue weighted by Gasteiger charge is -2.20. The number of hydrogen-bond donors (Lipinski definition) is 1. The van der Waals surface area contributed by atoms with Gasteiger partial charge in [0.1, 0.15) is 0 Å². The molecule has 1 N–H and O–H groups in total. The van der Waals surface area contributed by atoms with E-state index in [4.69, 9.17) is 4.74 Å². The molecule has 0 radical (unpaired) electrons. The van der Waals surface area contributed by atoms with Crippen molar-refractivity contribution in [2.75, 3.05) is 24.7 Å². The van der Waals surface area contributed by atoms with E-state index in [0.717, 1.165) is 49.8 Å². The first-order chi connectivity index (χ1) is 8.79. The van der Waals surface area contributed by atoms with Crippen molar-refractivity contribution in [1.82, 2.24) is 5.32 Å². The van der Waals surface area contributed by atoms with E-state index in [-0.39, 0.29) is 6.10 Å². The molecular weight excluding hydrogens is 246 g/mol. The van der Waals surface area contributed by atoms with Crippen LogP contribution in [0.3, 0.4) is 0 Å². The predicted molar refractivity (Wildman–Crippen MR) is 76.3 cm³/mol. The van der Waals surface area contributed by atoms with E-state index in [1.165, 1.54) is 19.3 Å². The van der Waals surface area contributed by atoms with E-state index in [9.17, 15) is 4.21 Å². The van der Waals surface area contributed by atoms with Crippen LogP contribution in [0.15, 0.2) is 0 Å². The van der Waals surface area contributed by atoms with Crippen molar-refractivity contribution in [2.24, 2.45) is 5.92 Å². The van der Waals surface area contributed by atoms with E-state index >= 15 is 0 Å². The second-order valence-electron chi connectivity index (χ2n) is 5.59. The summed E-state index contributed by atoms with van der Waals surface area (Å²) in [6, 6.07) is 0.676. The highest BCUT2D eigenvalue weighted by molar-refractivity contribution is 7.85. The first kappa shape index (κ1) is 14.5. The van der Waals surface area contributed by atoms with Crippen LogP contribution in [0.1, 0.15) is 45.4 Å². The summed E-state index contributed by atoms with van der Waals surface area (Å²) in [4.78, 5) is 0. The number of ether oxygens (including phenoxy) is 1. The average Bonchev–Trinajstić information content (AvgIpc) is 2.99. The van der Waals surface area contributed by atoms with Gasteiger partial charge in [0.25, 0.3) is 0 Å². The van der Waals surface area contributed by atoms with Crippen LogP contribution >= 0.6 is 0 Å². The van der Waals surface area contributed by atoms with Gasteiger partial charge in [0, 0.05) is 35.0 Å². The Morgan fingerprint density at radius 3 is 2.89 bits per heavy atom. The van der Waals surface area contributed by atoms with Crippen LogP contribution in [0, 0.1) is 5.92 Å². The van der Waals surface area contributed by atoms with Crippen LogP contribution in [-0.2, 0) is 15.5 Å². The summed E-state index contributed by atoms with van der Waals surface area (Å²) < 4.78 is 17.6. The van der Waals surface area contributed by atoms with Crippen molar-refractivity contribution in [3.63, 3.8) is 0 Å². The molecule has 1 aliphatic heterocycles. The summed E-state index contributed by atoms with van der Waals surface area (Å²) in [7, 11) is -0.678. The summed E-state index contributed by atoms with van der Waals surface area (Å²) in [5.41, 5.74) is 0. The van der Waals surface area contributed by atoms with Gasteiger partial charge in [-0.1, -0.05) is 13.3 Å². The third kappa shape index (κ3) is 4.32. The third-order valence-corrected chi connectivity index (χ3v) is 5.67. The summed E-state index contributed by atoms with van der Waals surface area (Å²) >= 11 is 0. The predicted octanol–water partition coefficient (Wildman–Crippen LogP) is 2.08. The van der Waals surface area contributed by atoms with Gasteiger partial charge in [0.05, 0.1) is 6.10 Å². The minimum absolute atomic E-state index is 0.277. The molecule has 1 aliphatic carbocycles. The van der Waals surface area contributed by atoms with Crippen LogP contribution in [-0.4, -0.2) is 41.0 Å². The second kappa shape index (κ2) is 7.61. The monoisotopic (exact) mass is 273 g/mol. The van der Waals surface area contributed by atoms with Gasteiger partial charge in [0.2, 0.25) is 0 Å². The quantitative estimate of drug-likeness (QED) is 0.772. The van der Waals surface area contributed by atoms with Crippen molar-refractivity contribution in [2.45, 2.75) is 57.6 Å². The van der Waals surface area contributed by atoms with Crippen molar-refractivity contribution in [1.29, 1.82) is 0 Å². The molecule has 0 aromatic rings. The molecule has 2 aliphatic rings. The van der Waals surface area contributed by atoms with Crippen LogP contribution in [0.2, 0.25) is 0 Å². The molecule has 106 valence electrons. The molecule has 2 rings (SSSR count). The van der Waals surface area contributed by atoms with E-state index in [1.54, 1.807) is 0 Å². The fraction of sp³-hybridized carbons (Fsp3) is 1.00. The lowest BCUT2D eigenvalue weighted by molar-refractivity contribution is 0.128. The number of nitrogens with one attached hydrogen (secondary N) is 1. The van der Waals surface area contributed by atoms with Crippen molar-refractivity contribution in [3.05, 3.63) is 0 Å². The Labute approximate surface area is 114 Å². The largest absolute Gasteiger partial charge is 0.377 e. The molecule has 4 heteroatoms. The van der Waals surface area contributed by atoms with Gasteiger partial charge in [-0.15, -0.1) is 0 Å². The molecule has 4 unspecified atom stereocenters. The highest BCUT2D eigenvalue weighted by atomic mass is 32.2. The lowest BCUT2D eigenvalue weighted by atomic mass is 10.0. The molecule has 0 aromatic carbocycles. The van der Waals surface area contributed by atoms with Crippen molar-refractivity contribution >= 4 is 10.8 Å². The van der Waals surface area contributed by atoms with Crippen LogP contribution < -0.4 is 5.32 Å². The van der Waals surface area contributed by atoms with Gasteiger partial charge >= 0.3 is 0 Å². The Hall–Kier alpha value is 0.0700. The first-order valence-corrected chi connectivity index (χ1v) is 8.98. The zero-order valence-electron chi connectivity index (χ0n) is 11.5. The smallest absolute Gasteiger partial charge is 0.0691 e. The zero-order chi connectivity index (χ0) is 12.8. The average molecular weight is 273 g/mol. The van der Waals surface area contributed by atoms with Gasteiger partial charge in [-0.2, -0.15) is 0 Å². The summed E-state index contributed by atoms with van der Waals surface area (Å²) in [6.45, 7) is 4.10. The maximum Gasteiger partial charge on any atom is 0.0691 e. The maximum atomic E-state index is 12.0. The summed E-state index contributed by atoms with van der Waals surface area (Å²) in [5, 5.41) is 3.57. The van der Waals surface area contributed by atoms with Crippen LogP contribution in [0.4, 0.5) is 0 Å². The van der Waals surface area contributed by atoms with Crippen LogP contribution in [0.5, 0.6) is 0 Å². The Kier molecular flexibility index (Phi) is 6.12.